The molecule has 0 aromatic heterocycles. The second-order valence-corrected chi connectivity index (χ2v) is 10.4. The summed E-state index contributed by atoms with van der Waals surface area (Å²) in [6.45, 7) is 6.67. The van der Waals surface area contributed by atoms with Crippen molar-refractivity contribution in [2.24, 2.45) is 5.92 Å². The SMILES string of the molecule is CCC[C@@H]1NC(=O)[C@@H](C(C)C)NC(=O)[C@@H](Cc2ccc(O)cc2)NCCCc2ccccc2/C=C/CNC1=O. The van der Waals surface area contributed by atoms with Crippen LogP contribution in [-0.2, 0) is 27.2 Å². The molecule has 2 aromatic carbocycles. The monoisotopic (exact) mass is 534 g/mol. The zero-order valence-corrected chi connectivity index (χ0v) is 23.2. The molecule has 1 heterocycles. The molecule has 2 aromatic rings. The Balaban J connectivity index is 1.88. The molecule has 3 rings (SSSR count). The van der Waals surface area contributed by atoms with Crippen LogP contribution in [0.3, 0.4) is 0 Å². The normalized spacial score (nSPS) is 22.6. The van der Waals surface area contributed by atoms with Crippen molar-refractivity contribution in [3.05, 3.63) is 71.3 Å². The highest BCUT2D eigenvalue weighted by Gasteiger charge is 2.30. The van der Waals surface area contributed by atoms with Crippen LogP contribution >= 0.6 is 0 Å². The fourth-order valence-corrected chi connectivity index (χ4v) is 4.68. The van der Waals surface area contributed by atoms with Crippen LogP contribution in [0.4, 0.5) is 0 Å². The van der Waals surface area contributed by atoms with E-state index in [0.29, 0.717) is 25.9 Å². The van der Waals surface area contributed by atoms with Gasteiger partial charge in [-0.15, -0.1) is 0 Å². The van der Waals surface area contributed by atoms with E-state index in [0.717, 1.165) is 30.4 Å². The van der Waals surface area contributed by atoms with E-state index in [-0.39, 0.29) is 29.4 Å². The highest BCUT2D eigenvalue weighted by Crippen LogP contribution is 2.15. The second-order valence-electron chi connectivity index (χ2n) is 10.4. The third-order valence-electron chi connectivity index (χ3n) is 6.91. The molecule has 0 bridgehead atoms. The number of phenols is 1. The average Bonchev–Trinajstić information content (AvgIpc) is 2.91. The zero-order chi connectivity index (χ0) is 28.2. The minimum atomic E-state index is -0.792. The number of phenolic OH excluding ortho intramolecular Hbond substituents is 1. The molecule has 0 aliphatic carbocycles. The van der Waals surface area contributed by atoms with Crippen LogP contribution in [0.1, 0.15) is 56.7 Å². The number of nitrogens with one attached hydrogen (secondary N) is 4. The number of amides is 3. The summed E-state index contributed by atoms with van der Waals surface area (Å²) in [7, 11) is 0. The molecule has 39 heavy (non-hydrogen) atoms. The first-order valence-corrected chi connectivity index (χ1v) is 13.9. The van der Waals surface area contributed by atoms with Gasteiger partial charge in [0.15, 0.2) is 0 Å². The minimum Gasteiger partial charge on any atom is -0.508 e. The lowest BCUT2D eigenvalue weighted by molar-refractivity contribution is -0.133. The maximum atomic E-state index is 13.5. The summed E-state index contributed by atoms with van der Waals surface area (Å²) >= 11 is 0. The van der Waals surface area contributed by atoms with Gasteiger partial charge in [0, 0.05) is 6.54 Å². The maximum absolute atomic E-state index is 13.5. The van der Waals surface area contributed by atoms with Crippen LogP contribution in [0.25, 0.3) is 6.08 Å². The van der Waals surface area contributed by atoms with E-state index in [1.54, 1.807) is 24.3 Å². The van der Waals surface area contributed by atoms with Gasteiger partial charge in [0.2, 0.25) is 17.7 Å². The quantitative estimate of drug-likeness (QED) is 0.404. The Hall–Kier alpha value is -3.65. The van der Waals surface area contributed by atoms with Gasteiger partial charge < -0.3 is 26.4 Å². The van der Waals surface area contributed by atoms with Gasteiger partial charge in [-0.2, -0.15) is 0 Å². The number of hydrogen-bond donors (Lipinski definition) is 5. The Kier molecular flexibility index (Phi) is 11.6. The van der Waals surface area contributed by atoms with Gasteiger partial charge in [0.1, 0.15) is 17.8 Å². The Labute approximate surface area is 231 Å². The molecule has 3 amide bonds. The molecular weight excluding hydrogens is 492 g/mol. The number of benzene rings is 2. The number of carbonyl (C=O) groups is 3. The van der Waals surface area contributed by atoms with Crippen molar-refractivity contribution >= 4 is 23.8 Å². The van der Waals surface area contributed by atoms with Gasteiger partial charge in [0.25, 0.3) is 0 Å². The molecule has 0 unspecified atom stereocenters. The van der Waals surface area contributed by atoms with Crippen LogP contribution in [0.2, 0.25) is 0 Å². The third kappa shape index (κ3) is 9.25. The van der Waals surface area contributed by atoms with Crippen LogP contribution in [0.5, 0.6) is 5.75 Å². The van der Waals surface area contributed by atoms with Crippen molar-refractivity contribution in [3.8, 4) is 5.75 Å². The lowest BCUT2D eigenvalue weighted by Crippen LogP contribution is -2.58. The van der Waals surface area contributed by atoms with Gasteiger partial charge in [-0.25, -0.2) is 0 Å². The fourth-order valence-electron chi connectivity index (χ4n) is 4.68. The van der Waals surface area contributed by atoms with Crippen molar-refractivity contribution in [2.75, 3.05) is 13.1 Å². The summed E-state index contributed by atoms with van der Waals surface area (Å²) in [6, 6.07) is 12.9. The first kappa shape index (κ1) is 29.9. The first-order chi connectivity index (χ1) is 18.8. The third-order valence-corrected chi connectivity index (χ3v) is 6.91. The number of rotatable bonds is 5. The lowest BCUT2D eigenvalue weighted by Gasteiger charge is -2.27. The molecule has 1 aliphatic heterocycles. The van der Waals surface area contributed by atoms with E-state index >= 15 is 0 Å². The molecular formula is C31H42N4O4. The summed E-state index contributed by atoms with van der Waals surface area (Å²) in [5.41, 5.74) is 3.17. The fraction of sp³-hybridized carbons (Fsp3) is 0.452. The topological polar surface area (TPSA) is 120 Å². The van der Waals surface area contributed by atoms with Crippen molar-refractivity contribution in [3.63, 3.8) is 0 Å². The van der Waals surface area contributed by atoms with Crippen LogP contribution in [-0.4, -0.2) is 54.0 Å². The van der Waals surface area contributed by atoms with Gasteiger partial charge in [-0.3, -0.25) is 14.4 Å². The Bertz CT molecular complexity index is 1130. The largest absolute Gasteiger partial charge is 0.508 e. The van der Waals surface area contributed by atoms with Gasteiger partial charge in [-0.05, 0) is 67.0 Å². The smallest absolute Gasteiger partial charge is 0.243 e. The van der Waals surface area contributed by atoms with E-state index in [2.05, 4.69) is 27.3 Å². The van der Waals surface area contributed by atoms with Crippen LogP contribution < -0.4 is 21.3 Å². The Morgan fingerprint density at radius 3 is 2.38 bits per heavy atom. The van der Waals surface area contributed by atoms with Crippen molar-refractivity contribution in [2.45, 2.75) is 71.0 Å². The first-order valence-electron chi connectivity index (χ1n) is 13.9. The standard InChI is InChI=1S/C31H42N4O4/c1-4-9-26-29(37)33-19-8-13-24-11-6-5-10-23(24)12-7-18-32-27(20-22-14-16-25(36)17-15-22)30(38)35-28(21(2)3)31(39)34-26/h5-6,8,10-11,13-17,21,26-28,32,36H,4,7,9,12,18-20H2,1-3H3,(H,33,37)(H,34,39)(H,35,38)/b13-8+/t26-,27+,28+/m0/s1. The number of hydrogen-bond acceptors (Lipinski definition) is 5. The van der Waals surface area contributed by atoms with Gasteiger partial charge in [0.05, 0.1) is 6.04 Å². The molecule has 0 fully saturated rings. The number of aryl methyl sites for hydroxylation is 1. The Morgan fingerprint density at radius 1 is 0.923 bits per heavy atom. The molecule has 5 N–H and O–H groups in total. The lowest BCUT2D eigenvalue weighted by atomic mass is 9.99. The highest BCUT2D eigenvalue weighted by molar-refractivity contribution is 5.93. The molecule has 210 valence electrons. The van der Waals surface area contributed by atoms with E-state index in [1.807, 2.05) is 51.1 Å². The molecule has 8 heteroatoms. The van der Waals surface area contributed by atoms with Gasteiger partial charge >= 0.3 is 0 Å². The summed E-state index contributed by atoms with van der Waals surface area (Å²) < 4.78 is 0. The Morgan fingerprint density at radius 2 is 1.67 bits per heavy atom. The molecule has 0 spiro atoms. The zero-order valence-electron chi connectivity index (χ0n) is 23.2. The van der Waals surface area contributed by atoms with E-state index in [9.17, 15) is 19.5 Å². The molecule has 3 atom stereocenters. The number of carbonyl (C=O) groups excluding carboxylic acids is 3. The summed E-state index contributed by atoms with van der Waals surface area (Å²) in [6.07, 6.45) is 7.19. The van der Waals surface area contributed by atoms with E-state index in [1.165, 1.54) is 5.56 Å². The predicted octanol–water partition coefficient (Wildman–Crippen LogP) is 3.09. The van der Waals surface area contributed by atoms with Gasteiger partial charge in [-0.1, -0.05) is 75.7 Å². The second kappa shape index (κ2) is 15.1. The molecule has 0 radical (unpaired) electrons. The molecule has 1 aliphatic rings. The number of fused-ring (bicyclic) bond motifs is 1. The highest BCUT2D eigenvalue weighted by atomic mass is 16.3. The molecule has 8 nitrogen and oxygen atoms in total. The van der Waals surface area contributed by atoms with E-state index in [4.69, 9.17) is 0 Å². The summed E-state index contributed by atoms with van der Waals surface area (Å²) in [4.78, 5) is 39.7. The number of aromatic hydroxyl groups is 1. The van der Waals surface area contributed by atoms with Crippen molar-refractivity contribution < 1.29 is 19.5 Å². The molecule has 0 saturated carbocycles. The predicted molar refractivity (Wildman–Crippen MR) is 154 cm³/mol. The molecule has 0 saturated heterocycles. The van der Waals surface area contributed by atoms with Crippen molar-refractivity contribution in [1.82, 2.24) is 21.3 Å². The van der Waals surface area contributed by atoms with Crippen LogP contribution in [0, 0.1) is 5.92 Å². The van der Waals surface area contributed by atoms with E-state index < -0.39 is 18.1 Å². The van der Waals surface area contributed by atoms with Crippen LogP contribution in [0.15, 0.2) is 54.6 Å². The summed E-state index contributed by atoms with van der Waals surface area (Å²) in [5, 5.41) is 21.8. The average molecular weight is 535 g/mol. The maximum Gasteiger partial charge on any atom is 0.243 e. The minimum absolute atomic E-state index is 0.163. The van der Waals surface area contributed by atoms with Crippen molar-refractivity contribution in [1.29, 1.82) is 0 Å². The summed E-state index contributed by atoms with van der Waals surface area (Å²) in [5.74, 6) is -0.918.